The summed E-state index contributed by atoms with van der Waals surface area (Å²) in [6.07, 6.45) is 4.12. The number of hydrogen-bond donors (Lipinski definition) is 1. The number of carbonyl (C=O) groups is 2. The average molecular weight is 330 g/mol. The van der Waals surface area contributed by atoms with Gasteiger partial charge in [0.05, 0.1) is 11.3 Å². The number of hydrogen-bond acceptors (Lipinski definition) is 5. The van der Waals surface area contributed by atoms with E-state index in [2.05, 4.69) is 5.32 Å². The van der Waals surface area contributed by atoms with Crippen molar-refractivity contribution < 1.29 is 19.1 Å². The zero-order chi connectivity index (χ0) is 17.6. The second-order valence-electron chi connectivity index (χ2n) is 5.92. The fourth-order valence-electron chi connectivity index (χ4n) is 2.87. The first kappa shape index (κ1) is 18.0. The zero-order valence-corrected chi connectivity index (χ0v) is 14.1. The lowest BCUT2D eigenvalue weighted by Gasteiger charge is -2.28. The topological polar surface area (TPSA) is 88.4 Å². The van der Waals surface area contributed by atoms with Crippen molar-refractivity contribution >= 4 is 17.6 Å². The third-order valence-electron chi connectivity index (χ3n) is 4.03. The molecule has 1 amide bonds. The molecule has 6 heteroatoms. The lowest BCUT2D eigenvalue weighted by Crippen LogP contribution is -2.43. The molecule has 128 valence electrons. The first-order valence-electron chi connectivity index (χ1n) is 8.19. The Hall–Kier alpha value is -2.39. The summed E-state index contributed by atoms with van der Waals surface area (Å²) in [5, 5.41) is 12.1. The largest absolute Gasteiger partial charge is 0.427 e. The van der Waals surface area contributed by atoms with E-state index < -0.39 is 11.6 Å². The number of esters is 1. The molecule has 0 unspecified atom stereocenters. The highest BCUT2D eigenvalue weighted by atomic mass is 16.5. The van der Waals surface area contributed by atoms with Crippen LogP contribution in [0.25, 0.3) is 0 Å². The molecule has 0 heterocycles. The smallest absolute Gasteiger partial charge is 0.308 e. The lowest BCUT2D eigenvalue weighted by atomic mass is 10.00. The van der Waals surface area contributed by atoms with Crippen LogP contribution in [0.15, 0.2) is 18.2 Å². The van der Waals surface area contributed by atoms with Gasteiger partial charge in [0.25, 0.3) is 5.91 Å². The van der Waals surface area contributed by atoms with Gasteiger partial charge in [0, 0.05) is 19.6 Å². The van der Waals surface area contributed by atoms with Gasteiger partial charge in [0.1, 0.15) is 17.4 Å². The summed E-state index contributed by atoms with van der Waals surface area (Å²) in [6, 6.07) is 6.56. The molecule has 0 aliphatic heterocycles. The van der Waals surface area contributed by atoms with Crippen molar-refractivity contribution in [3.63, 3.8) is 0 Å². The molecule has 1 saturated carbocycles. The highest BCUT2D eigenvalue weighted by molar-refractivity contribution is 5.98. The Morgan fingerprint density at radius 1 is 1.33 bits per heavy atom. The monoisotopic (exact) mass is 330 g/mol. The third kappa shape index (κ3) is 4.12. The predicted molar refractivity (Wildman–Crippen MR) is 88.5 cm³/mol. The predicted octanol–water partition coefficient (Wildman–Crippen LogP) is 3.16. The zero-order valence-electron chi connectivity index (χ0n) is 14.1. The summed E-state index contributed by atoms with van der Waals surface area (Å²) in [7, 11) is 0. The maximum atomic E-state index is 12.7. The number of rotatable bonds is 6. The van der Waals surface area contributed by atoms with Crippen LogP contribution < -0.4 is 10.1 Å². The highest BCUT2D eigenvalue weighted by Crippen LogP contribution is 2.35. The van der Waals surface area contributed by atoms with Crippen molar-refractivity contribution in [1.82, 2.24) is 0 Å². The van der Waals surface area contributed by atoms with Crippen LogP contribution in [0.3, 0.4) is 0 Å². The fraction of sp³-hybridized carbons (Fsp3) is 0.500. The molecule has 0 radical (unpaired) electrons. The molecule has 0 bridgehead atoms. The molecule has 0 saturated heterocycles. The van der Waals surface area contributed by atoms with E-state index in [1.807, 2.05) is 13.0 Å². The minimum atomic E-state index is -0.808. The van der Waals surface area contributed by atoms with Gasteiger partial charge in [-0.25, -0.2) is 0 Å². The van der Waals surface area contributed by atoms with Crippen LogP contribution >= 0.6 is 0 Å². The van der Waals surface area contributed by atoms with E-state index >= 15 is 0 Å². The molecule has 1 aromatic carbocycles. The van der Waals surface area contributed by atoms with E-state index in [0.29, 0.717) is 25.1 Å². The maximum absolute atomic E-state index is 12.7. The molecule has 0 aromatic heterocycles. The van der Waals surface area contributed by atoms with E-state index in [1.54, 1.807) is 12.1 Å². The van der Waals surface area contributed by atoms with Crippen LogP contribution in [0.5, 0.6) is 5.75 Å². The second-order valence-corrected chi connectivity index (χ2v) is 5.92. The van der Waals surface area contributed by atoms with Crippen molar-refractivity contribution in [2.45, 2.75) is 51.6 Å². The molecular formula is C18H22N2O4. The number of anilines is 1. The Balaban J connectivity index is 2.18. The van der Waals surface area contributed by atoms with Crippen LogP contribution in [-0.2, 0) is 14.3 Å². The number of carbonyl (C=O) groups excluding carboxylic acids is 2. The summed E-state index contributed by atoms with van der Waals surface area (Å²) in [5.74, 6) is -0.409. The van der Waals surface area contributed by atoms with E-state index in [9.17, 15) is 14.9 Å². The van der Waals surface area contributed by atoms with Crippen molar-refractivity contribution in [3.8, 4) is 11.8 Å². The van der Waals surface area contributed by atoms with Gasteiger partial charge in [0.2, 0.25) is 0 Å². The molecular weight excluding hydrogens is 308 g/mol. The summed E-state index contributed by atoms with van der Waals surface area (Å²) in [5.41, 5.74) is -0.174. The Labute approximate surface area is 141 Å². The SMILES string of the molecule is CCCOC1(C(=O)Nc2ccc(OC(C)=O)cc2C#N)CCCC1. The number of amides is 1. The van der Waals surface area contributed by atoms with E-state index in [4.69, 9.17) is 9.47 Å². The molecule has 0 atom stereocenters. The molecule has 24 heavy (non-hydrogen) atoms. The van der Waals surface area contributed by atoms with E-state index in [1.165, 1.54) is 13.0 Å². The number of nitriles is 1. The number of ether oxygens (including phenoxy) is 2. The highest BCUT2D eigenvalue weighted by Gasteiger charge is 2.42. The first-order valence-corrected chi connectivity index (χ1v) is 8.19. The summed E-state index contributed by atoms with van der Waals surface area (Å²) >= 11 is 0. The number of benzene rings is 1. The Kier molecular flexibility index (Phi) is 5.93. The molecule has 1 aromatic rings. The molecule has 6 nitrogen and oxygen atoms in total. The van der Waals surface area contributed by atoms with Gasteiger partial charge in [-0.1, -0.05) is 6.92 Å². The minimum Gasteiger partial charge on any atom is -0.427 e. The van der Waals surface area contributed by atoms with Gasteiger partial charge < -0.3 is 14.8 Å². The van der Waals surface area contributed by atoms with E-state index in [0.717, 1.165) is 19.3 Å². The van der Waals surface area contributed by atoms with Gasteiger partial charge in [-0.05, 0) is 44.2 Å². The lowest BCUT2D eigenvalue weighted by molar-refractivity contribution is -0.140. The number of nitrogens with zero attached hydrogens (tertiary/aromatic N) is 1. The minimum absolute atomic E-state index is 0.217. The molecule has 2 rings (SSSR count). The second kappa shape index (κ2) is 7.93. The van der Waals surface area contributed by atoms with Gasteiger partial charge in [-0.3, -0.25) is 9.59 Å². The standard InChI is InChI=1S/C18H22N2O4/c1-3-10-23-18(8-4-5-9-18)17(22)20-16-7-6-15(24-13(2)21)11-14(16)12-19/h6-7,11H,3-5,8-10H2,1-2H3,(H,20,22). The molecule has 1 N–H and O–H groups in total. The summed E-state index contributed by atoms with van der Waals surface area (Å²) in [6.45, 7) is 3.82. The van der Waals surface area contributed by atoms with Gasteiger partial charge in [-0.2, -0.15) is 5.26 Å². The normalized spacial score (nSPS) is 15.5. The van der Waals surface area contributed by atoms with Crippen LogP contribution in [0.1, 0.15) is 51.5 Å². The average Bonchev–Trinajstić information content (AvgIpc) is 3.04. The van der Waals surface area contributed by atoms with Gasteiger partial charge in [-0.15, -0.1) is 0 Å². The first-order chi connectivity index (χ1) is 11.5. The van der Waals surface area contributed by atoms with Crippen LogP contribution in [0.4, 0.5) is 5.69 Å². The molecule has 1 aliphatic rings. The van der Waals surface area contributed by atoms with E-state index in [-0.39, 0.29) is 17.2 Å². The summed E-state index contributed by atoms with van der Waals surface area (Å²) < 4.78 is 10.8. The quantitative estimate of drug-likeness (QED) is 0.639. The van der Waals surface area contributed by atoms with Crippen molar-refractivity contribution in [2.24, 2.45) is 0 Å². The van der Waals surface area contributed by atoms with Gasteiger partial charge >= 0.3 is 5.97 Å². The number of nitrogens with one attached hydrogen (secondary N) is 1. The summed E-state index contributed by atoms with van der Waals surface area (Å²) in [4.78, 5) is 23.7. The molecule has 1 fully saturated rings. The van der Waals surface area contributed by atoms with Gasteiger partial charge in [0.15, 0.2) is 0 Å². The Morgan fingerprint density at radius 3 is 2.62 bits per heavy atom. The molecule has 1 aliphatic carbocycles. The maximum Gasteiger partial charge on any atom is 0.308 e. The van der Waals surface area contributed by atoms with Crippen LogP contribution in [0.2, 0.25) is 0 Å². The Bertz CT molecular complexity index is 657. The van der Waals surface area contributed by atoms with Crippen molar-refractivity contribution in [3.05, 3.63) is 23.8 Å². The molecule has 0 spiro atoms. The van der Waals surface area contributed by atoms with Crippen molar-refractivity contribution in [1.29, 1.82) is 5.26 Å². The Morgan fingerprint density at radius 2 is 2.04 bits per heavy atom. The van der Waals surface area contributed by atoms with Crippen LogP contribution in [-0.4, -0.2) is 24.1 Å². The van der Waals surface area contributed by atoms with Crippen LogP contribution in [0, 0.1) is 11.3 Å². The third-order valence-corrected chi connectivity index (χ3v) is 4.03. The fourth-order valence-corrected chi connectivity index (χ4v) is 2.87. The van der Waals surface area contributed by atoms with Crippen molar-refractivity contribution in [2.75, 3.05) is 11.9 Å².